The van der Waals surface area contributed by atoms with E-state index in [0.717, 1.165) is 5.56 Å². The Morgan fingerprint density at radius 2 is 2.31 bits per heavy atom. The van der Waals surface area contributed by atoms with E-state index in [1.807, 2.05) is 6.07 Å². The summed E-state index contributed by atoms with van der Waals surface area (Å²) in [6, 6.07) is 5.30. The van der Waals surface area contributed by atoms with E-state index in [4.69, 9.17) is 9.52 Å². The first-order valence-electron chi connectivity index (χ1n) is 4.48. The number of alkyl halides is 1. The fourth-order valence-corrected chi connectivity index (χ4v) is 1.64. The molecule has 2 aromatic rings. The van der Waals surface area contributed by atoms with Gasteiger partial charge in [0.15, 0.2) is 5.58 Å². The normalized spacial score (nSPS) is 12.9. The highest BCUT2D eigenvalue weighted by molar-refractivity contribution is 9.08. The summed E-state index contributed by atoms with van der Waals surface area (Å²) in [5, 5.41) is 18.5. The van der Waals surface area contributed by atoms with Gasteiger partial charge in [-0.1, -0.05) is 22.0 Å². The second kappa shape index (κ2) is 4.23. The van der Waals surface area contributed by atoms with E-state index < -0.39 is 12.1 Å². The second-order valence-corrected chi connectivity index (χ2v) is 3.79. The third kappa shape index (κ3) is 1.94. The van der Waals surface area contributed by atoms with Crippen molar-refractivity contribution in [2.24, 2.45) is 0 Å². The van der Waals surface area contributed by atoms with Crippen molar-refractivity contribution in [1.29, 1.82) is 0 Å². The van der Waals surface area contributed by atoms with Crippen molar-refractivity contribution in [1.82, 2.24) is 4.98 Å². The van der Waals surface area contributed by atoms with Crippen LogP contribution in [0.4, 0.5) is 0 Å². The van der Waals surface area contributed by atoms with Gasteiger partial charge in [-0.25, -0.2) is 9.78 Å². The number of carbonyl (C=O) groups is 1. The van der Waals surface area contributed by atoms with Crippen molar-refractivity contribution in [3.8, 4) is 0 Å². The summed E-state index contributed by atoms with van der Waals surface area (Å²) in [5.41, 5.74) is 1.98. The zero-order valence-corrected chi connectivity index (χ0v) is 9.64. The quantitative estimate of drug-likeness (QED) is 0.841. The lowest BCUT2D eigenvalue weighted by atomic mass is 10.2. The summed E-state index contributed by atoms with van der Waals surface area (Å²) in [6.07, 6.45) is -1.72. The number of carboxylic acid groups (broad SMARTS) is 1. The number of aliphatic hydroxyl groups is 1. The van der Waals surface area contributed by atoms with Crippen LogP contribution < -0.4 is 0 Å². The minimum atomic E-state index is -1.72. The van der Waals surface area contributed by atoms with Crippen LogP contribution in [-0.2, 0) is 10.1 Å². The van der Waals surface area contributed by atoms with Crippen molar-refractivity contribution in [3.63, 3.8) is 0 Å². The van der Waals surface area contributed by atoms with Gasteiger partial charge in [0.2, 0.25) is 12.0 Å². The predicted molar refractivity (Wildman–Crippen MR) is 59.2 cm³/mol. The summed E-state index contributed by atoms with van der Waals surface area (Å²) in [5.74, 6) is -1.58. The number of aliphatic hydroxyl groups excluding tert-OH is 1. The highest BCUT2D eigenvalue weighted by atomic mass is 79.9. The Bertz CT molecular complexity index is 537. The van der Waals surface area contributed by atoms with Gasteiger partial charge in [-0.15, -0.1) is 0 Å². The standard InChI is InChI=1S/C10H8BrNO4/c11-4-5-1-2-6-7(3-5)16-9(12-6)8(13)10(14)15/h1-3,8,13H,4H2,(H,14,15). The van der Waals surface area contributed by atoms with Gasteiger partial charge in [-0.2, -0.15) is 0 Å². The molecule has 6 heteroatoms. The molecule has 2 N–H and O–H groups in total. The number of hydrogen-bond donors (Lipinski definition) is 2. The van der Waals surface area contributed by atoms with Crippen LogP contribution in [0, 0.1) is 0 Å². The number of aromatic nitrogens is 1. The van der Waals surface area contributed by atoms with Gasteiger partial charge < -0.3 is 14.6 Å². The highest BCUT2D eigenvalue weighted by Crippen LogP contribution is 2.22. The lowest BCUT2D eigenvalue weighted by molar-refractivity contribution is -0.148. The molecule has 0 radical (unpaired) electrons. The molecule has 16 heavy (non-hydrogen) atoms. The van der Waals surface area contributed by atoms with E-state index in [9.17, 15) is 9.90 Å². The van der Waals surface area contributed by atoms with E-state index in [0.29, 0.717) is 16.4 Å². The minimum Gasteiger partial charge on any atom is -0.479 e. The predicted octanol–water partition coefficient (Wildman–Crippen LogP) is 1.84. The number of nitrogens with zero attached hydrogens (tertiary/aromatic N) is 1. The molecule has 84 valence electrons. The van der Waals surface area contributed by atoms with E-state index >= 15 is 0 Å². The molecule has 1 aromatic heterocycles. The molecule has 0 bridgehead atoms. The fourth-order valence-electron chi connectivity index (χ4n) is 1.29. The molecule has 0 aliphatic rings. The van der Waals surface area contributed by atoms with Gasteiger partial charge >= 0.3 is 5.97 Å². The van der Waals surface area contributed by atoms with Crippen LogP contribution in [0.1, 0.15) is 17.6 Å². The topological polar surface area (TPSA) is 83.6 Å². The second-order valence-electron chi connectivity index (χ2n) is 3.23. The maximum Gasteiger partial charge on any atom is 0.342 e. The van der Waals surface area contributed by atoms with Crippen molar-refractivity contribution in [2.75, 3.05) is 0 Å². The van der Waals surface area contributed by atoms with Gasteiger partial charge in [-0.3, -0.25) is 0 Å². The van der Waals surface area contributed by atoms with Gasteiger partial charge in [0, 0.05) is 5.33 Å². The Balaban J connectivity index is 2.47. The Morgan fingerprint density at radius 3 is 2.94 bits per heavy atom. The summed E-state index contributed by atoms with van der Waals surface area (Å²) >= 11 is 3.30. The van der Waals surface area contributed by atoms with Gasteiger partial charge in [0.25, 0.3) is 0 Å². The molecule has 0 saturated heterocycles. The van der Waals surface area contributed by atoms with E-state index in [-0.39, 0.29) is 5.89 Å². The van der Waals surface area contributed by atoms with Crippen molar-refractivity contribution in [2.45, 2.75) is 11.4 Å². The highest BCUT2D eigenvalue weighted by Gasteiger charge is 2.22. The number of benzene rings is 1. The van der Waals surface area contributed by atoms with E-state index in [2.05, 4.69) is 20.9 Å². The lowest BCUT2D eigenvalue weighted by Gasteiger charge is -1.97. The molecule has 2 rings (SSSR count). The number of fused-ring (bicyclic) bond motifs is 1. The summed E-state index contributed by atoms with van der Waals surface area (Å²) < 4.78 is 5.17. The van der Waals surface area contributed by atoms with Gasteiger partial charge in [0.05, 0.1) is 0 Å². The van der Waals surface area contributed by atoms with E-state index in [1.165, 1.54) is 0 Å². The Morgan fingerprint density at radius 1 is 1.56 bits per heavy atom. The van der Waals surface area contributed by atoms with Crippen LogP contribution in [0.15, 0.2) is 22.6 Å². The average Bonchev–Trinajstić information content (AvgIpc) is 2.69. The molecule has 0 spiro atoms. The van der Waals surface area contributed by atoms with Crippen LogP contribution in [0.5, 0.6) is 0 Å². The van der Waals surface area contributed by atoms with Crippen molar-refractivity contribution in [3.05, 3.63) is 29.7 Å². The van der Waals surface area contributed by atoms with Crippen molar-refractivity contribution < 1.29 is 19.4 Å². The molecule has 0 aliphatic carbocycles. The molecule has 1 heterocycles. The number of rotatable bonds is 3. The monoisotopic (exact) mass is 285 g/mol. The van der Waals surface area contributed by atoms with Crippen LogP contribution in [0.2, 0.25) is 0 Å². The first-order valence-corrected chi connectivity index (χ1v) is 5.60. The molecule has 0 aliphatic heterocycles. The van der Waals surface area contributed by atoms with E-state index in [1.54, 1.807) is 12.1 Å². The lowest BCUT2D eigenvalue weighted by Crippen LogP contribution is -2.10. The third-order valence-electron chi connectivity index (χ3n) is 2.09. The smallest absolute Gasteiger partial charge is 0.342 e. The molecule has 0 saturated carbocycles. The fraction of sp³-hybridized carbons (Fsp3) is 0.200. The molecule has 1 atom stereocenters. The van der Waals surface area contributed by atoms with Gasteiger partial charge in [0.1, 0.15) is 5.52 Å². The summed E-state index contributed by atoms with van der Waals surface area (Å²) in [4.78, 5) is 14.4. The van der Waals surface area contributed by atoms with Crippen LogP contribution >= 0.6 is 15.9 Å². The summed E-state index contributed by atoms with van der Waals surface area (Å²) in [7, 11) is 0. The number of hydrogen-bond acceptors (Lipinski definition) is 4. The molecular formula is C10H8BrNO4. The molecule has 5 nitrogen and oxygen atoms in total. The third-order valence-corrected chi connectivity index (χ3v) is 2.74. The van der Waals surface area contributed by atoms with Crippen LogP contribution in [-0.4, -0.2) is 21.2 Å². The largest absolute Gasteiger partial charge is 0.479 e. The zero-order chi connectivity index (χ0) is 11.7. The Kier molecular flexibility index (Phi) is 2.93. The SMILES string of the molecule is O=C(O)C(O)c1nc2ccc(CBr)cc2o1. The zero-order valence-electron chi connectivity index (χ0n) is 8.05. The van der Waals surface area contributed by atoms with Gasteiger partial charge in [-0.05, 0) is 17.7 Å². The number of halogens is 1. The first-order chi connectivity index (χ1) is 7.61. The Labute approximate surface area is 98.8 Å². The number of aliphatic carboxylic acids is 1. The maximum absolute atomic E-state index is 10.5. The Hall–Kier alpha value is -1.40. The average molecular weight is 286 g/mol. The van der Waals surface area contributed by atoms with Crippen LogP contribution in [0.25, 0.3) is 11.1 Å². The van der Waals surface area contributed by atoms with Crippen LogP contribution in [0.3, 0.4) is 0 Å². The molecule has 0 amide bonds. The maximum atomic E-state index is 10.5. The number of carboxylic acids is 1. The van der Waals surface area contributed by atoms with Crippen molar-refractivity contribution >= 4 is 33.0 Å². The molecular weight excluding hydrogens is 278 g/mol. The molecule has 0 fully saturated rings. The molecule has 1 aromatic carbocycles. The summed E-state index contributed by atoms with van der Waals surface area (Å²) in [6.45, 7) is 0. The number of oxazole rings is 1. The molecule has 1 unspecified atom stereocenters. The minimum absolute atomic E-state index is 0.200. The first kappa shape index (κ1) is 11.1.